The Bertz CT molecular complexity index is 124. The SMILES string of the molecule is [N-]=[N+]=N[C@@H]1CCCCO1. The highest BCUT2D eigenvalue weighted by Gasteiger charge is 2.10. The van der Waals surface area contributed by atoms with Gasteiger partial charge < -0.3 is 4.74 Å². The molecule has 1 atom stereocenters. The Hall–Kier alpha value is -0.730. The second kappa shape index (κ2) is 3.33. The number of hydrogen-bond acceptors (Lipinski definition) is 2. The highest BCUT2D eigenvalue weighted by Crippen LogP contribution is 2.12. The first-order valence-electron chi connectivity index (χ1n) is 3.09. The first-order valence-corrected chi connectivity index (χ1v) is 3.09. The van der Waals surface area contributed by atoms with E-state index in [9.17, 15) is 0 Å². The molecule has 0 bridgehead atoms. The average molecular weight is 127 g/mol. The van der Waals surface area contributed by atoms with Gasteiger partial charge >= 0.3 is 0 Å². The molecule has 1 aliphatic heterocycles. The molecule has 50 valence electrons. The second-order valence-corrected chi connectivity index (χ2v) is 2.03. The lowest BCUT2D eigenvalue weighted by atomic mass is 10.2. The smallest absolute Gasteiger partial charge is 0.136 e. The minimum absolute atomic E-state index is 0.191. The van der Waals surface area contributed by atoms with E-state index in [1.807, 2.05) is 0 Å². The van der Waals surface area contributed by atoms with Gasteiger partial charge in [-0.05, 0) is 24.8 Å². The van der Waals surface area contributed by atoms with Gasteiger partial charge in [0, 0.05) is 11.5 Å². The van der Waals surface area contributed by atoms with E-state index < -0.39 is 0 Å². The van der Waals surface area contributed by atoms with Crippen molar-refractivity contribution in [2.24, 2.45) is 5.11 Å². The van der Waals surface area contributed by atoms with Crippen LogP contribution in [0.2, 0.25) is 0 Å². The van der Waals surface area contributed by atoms with Gasteiger partial charge in [0.1, 0.15) is 6.23 Å². The van der Waals surface area contributed by atoms with Crippen molar-refractivity contribution in [2.75, 3.05) is 6.61 Å². The van der Waals surface area contributed by atoms with Gasteiger partial charge in [0.2, 0.25) is 0 Å². The van der Waals surface area contributed by atoms with Gasteiger partial charge in [-0.2, -0.15) is 0 Å². The standard InChI is InChI=1S/C5H9N3O/c6-8-7-5-3-1-2-4-9-5/h5H,1-4H2/t5-/m0/s1. The minimum Gasteiger partial charge on any atom is -0.372 e. The third-order valence-electron chi connectivity index (χ3n) is 1.34. The van der Waals surface area contributed by atoms with Crippen molar-refractivity contribution < 1.29 is 4.74 Å². The fraction of sp³-hybridized carbons (Fsp3) is 1.00. The molecule has 1 fully saturated rings. The van der Waals surface area contributed by atoms with E-state index >= 15 is 0 Å². The number of azide groups is 1. The normalized spacial score (nSPS) is 26.9. The lowest BCUT2D eigenvalue weighted by Gasteiger charge is -2.16. The maximum absolute atomic E-state index is 8.00. The van der Waals surface area contributed by atoms with E-state index in [2.05, 4.69) is 10.0 Å². The van der Waals surface area contributed by atoms with Crippen LogP contribution in [0.4, 0.5) is 0 Å². The Kier molecular flexibility index (Phi) is 2.36. The van der Waals surface area contributed by atoms with Crippen LogP contribution in [-0.2, 0) is 4.74 Å². The van der Waals surface area contributed by atoms with Crippen LogP contribution in [0.1, 0.15) is 19.3 Å². The molecule has 4 nitrogen and oxygen atoms in total. The number of rotatable bonds is 1. The van der Waals surface area contributed by atoms with Gasteiger partial charge in [0.25, 0.3) is 0 Å². The van der Waals surface area contributed by atoms with Crippen molar-refractivity contribution in [1.29, 1.82) is 0 Å². The number of hydrogen-bond donors (Lipinski definition) is 0. The third kappa shape index (κ3) is 1.91. The molecule has 0 aromatic rings. The Morgan fingerprint density at radius 3 is 3.00 bits per heavy atom. The molecule has 1 rings (SSSR count). The van der Waals surface area contributed by atoms with E-state index in [-0.39, 0.29) is 6.23 Å². The van der Waals surface area contributed by atoms with Gasteiger partial charge in [-0.15, -0.1) is 0 Å². The highest BCUT2D eigenvalue weighted by atomic mass is 16.5. The average Bonchev–Trinajstić information content (AvgIpc) is 1.91. The molecule has 0 spiro atoms. The topological polar surface area (TPSA) is 58.0 Å². The van der Waals surface area contributed by atoms with Crippen molar-refractivity contribution in [1.82, 2.24) is 0 Å². The van der Waals surface area contributed by atoms with Crippen molar-refractivity contribution >= 4 is 0 Å². The molecule has 0 amide bonds. The first kappa shape index (κ1) is 6.39. The van der Waals surface area contributed by atoms with E-state index in [4.69, 9.17) is 10.3 Å². The highest BCUT2D eigenvalue weighted by molar-refractivity contribution is 4.60. The molecule has 1 saturated heterocycles. The van der Waals surface area contributed by atoms with E-state index in [1.54, 1.807) is 0 Å². The molecule has 1 aliphatic rings. The lowest BCUT2D eigenvalue weighted by molar-refractivity contribution is 0.0209. The zero-order valence-corrected chi connectivity index (χ0v) is 5.16. The quantitative estimate of drug-likeness (QED) is 0.301. The maximum Gasteiger partial charge on any atom is 0.136 e. The summed E-state index contributed by atoms with van der Waals surface area (Å²) in [7, 11) is 0. The Morgan fingerprint density at radius 1 is 1.56 bits per heavy atom. The molecule has 0 aromatic heterocycles. The molecule has 0 radical (unpaired) electrons. The van der Waals surface area contributed by atoms with Crippen LogP contribution < -0.4 is 0 Å². The minimum atomic E-state index is -0.191. The van der Waals surface area contributed by atoms with Crippen LogP contribution in [0.5, 0.6) is 0 Å². The lowest BCUT2D eigenvalue weighted by Crippen LogP contribution is -2.15. The summed E-state index contributed by atoms with van der Waals surface area (Å²) in [5.74, 6) is 0. The Morgan fingerprint density at radius 2 is 2.44 bits per heavy atom. The third-order valence-corrected chi connectivity index (χ3v) is 1.34. The van der Waals surface area contributed by atoms with Crippen LogP contribution >= 0.6 is 0 Å². The van der Waals surface area contributed by atoms with Crippen molar-refractivity contribution in [2.45, 2.75) is 25.5 Å². The summed E-state index contributed by atoms with van der Waals surface area (Å²) in [6.45, 7) is 0.740. The summed E-state index contributed by atoms with van der Waals surface area (Å²) in [6, 6.07) is 0. The molecule has 1 heterocycles. The summed E-state index contributed by atoms with van der Waals surface area (Å²) in [4.78, 5) is 2.66. The van der Waals surface area contributed by atoms with Crippen LogP contribution in [-0.4, -0.2) is 12.8 Å². The first-order chi connectivity index (χ1) is 4.43. The van der Waals surface area contributed by atoms with Crippen LogP contribution in [0.3, 0.4) is 0 Å². The Balaban J connectivity index is 2.31. The van der Waals surface area contributed by atoms with Gasteiger partial charge in [-0.1, -0.05) is 5.11 Å². The van der Waals surface area contributed by atoms with E-state index in [0.29, 0.717) is 0 Å². The molecule has 0 unspecified atom stereocenters. The summed E-state index contributed by atoms with van der Waals surface area (Å²) < 4.78 is 5.10. The predicted molar refractivity (Wildman–Crippen MR) is 32.7 cm³/mol. The van der Waals surface area contributed by atoms with Crippen LogP contribution in [0, 0.1) is 0 Å². The van der Waals surface area contributed by atoms with E-state index in [1.165, 1.54) is 0 Å². The monoisotopic (exact) mass is 127 g/mol. The van der Waals surface area contributed by atoms with Gasteiger partial charge in [-0.3, -0.25) is 0 Å². The zero-order chi connectivity index (χ0) is 6.53. The summed E-state index contributed by atoms with van der Waals surface area (Å²) in [6.07, 6.45) is 2.90. The number of ether oxygens (including phenoxy) is 1. The van der Waals surface area contributed by atoms with Gasteiger partial charge in [0.05, 0.1) is 0 Å². The van der Waals surface area contributed by atoms with Gasteiger partial charge in [-0.25, -0.2) is 0 Å². The van der Waals surface area contributed by atoms with Crippen molar-refractivity contribution in [3.8, 4) is 0 Å². The fourth-order valence-corrected chi connectivity index (χ4v) is 0.872. The van der Waals surface area contributed by atoms with Crippen LogP contribution in [0.15, 0.2) is 5.11 Å². The van der Waals surface area contributed by atoms with Crippen LogP contribution in [0.25, 0.3) is 10.4 Å². The van der Waals surface area contributed by atoms with E-state index in [0.717, 1.165) is 25.9 Å². The summed E-state index contributed by atoms with van der Waals surface area (Å²) in [5.41, 5.74) is 8.00. The summed E-state index contributed by atoms with van der Waals surface area (Å²) in [5, 5.41) is 3.44. The summed E-state index contributed by atoms with van der Waals surface area (Å²) >= 11 is 0. The Labute approximate surface area is 53.4 Å². The number of nitrogens with zero attached hydrogens (tertiary/aromatic N) is 3. The fourth-order valence-electron chi connectivity index (χ4n) is 0.872. The molecule has 0 saturated carbocycles. The maximum atomic E-state index is 8.00. The van der Waals surface area contributed by atoms with Crippen molar-refractivity contribution in [3.63, 3.8) is 0 Å². The molecule has 9 heavy (non-hydrogen) atoms. The molecule has 0 aromatic carbocycles. The molecular formula is C5H9N3O. The predicted octanol–water partition coefficient (Wildman–Crippen LogP) is 1.82. The van der Waals surface area contributed by atoms with Crippen molar-refractivity contribution in [3.05, 3.63) is 10.4 Å². The molecule has 4 heteroatoms. The second-order valence-electron chi connectivity index (χ2n) is 2.03. The van der Waals surface area contributed by atoms with Gasteiger partial charge in [0.15, 0.2) is 0 Å². The largest absolute Gasteiger partial charge is 0.372 e. The zero-order valence-electron chi connectivity index (χ0n) is 5.16. The molecular weight excluding hydrogens is 118 g/mol. The molecule has 0 aliphatic carbocycles. The molecule has 0 N–H and O–H groups in total.